The molecule has 0 saturated carbocycles. The van der Waals surface area contributed by atoms with Crippen LogP contribution in [0.1, 0.15) is 29.1 Å². The van der Waals surface area contributed by atoms with Crippen molar-refractivity contribution in [2.75, 3.05) is 7.05 Å². The van der Waals surface area contributed by atoms with Crippen molar-refractivity contribution < 1.29 is 18.0 Å². The van der Waals surface area contributed by atoms with Crippen molar-refractivity contribution >= 4 is 5.91 Å². The first-order chi connectivity index (χ1) is 9.00. The molecule has 0 bridgehead atoms. The Bertz CT molecular complexity index is 581. The largest absolute Gasteiger partial charge is 0.467 e. The van der Waals surface area contributed by atoms with E-state index in [1.807, 2.05) is 0 Å². The van der Waals surface area contributed by atoms with Crippen LogP contribution in [0.15, 0.2) is 41.0 Å². The zero-order chi connectivity index (χ0) is 14.0. The van der Waals surface area contributed by atoms with Crippen LogP contribution < -0.4 is 0 Å². The third kappa shape index (κ3) is 2.65. The minimum absolute atomic E-state index is 0.291. The van der Waals surface area contributed by atoms with Gasteiger partial charge in [0.25, 0.3) is 5.91 Å². The summed E-state index contributed by atoms with van der Waals surface area (Å²) in [7, 11) is 1.51. The molecule has 1 aromatic heterocycles. The molecule has 5 heteroatoms. The molecule has 0 aliphatic rings. The van der Waals surface area contributed by atoms with Crippen molar-refractivity contribution in [3.8, 4) is 0 Å². The molecule has 1 amide bonds. The topological polar surface area (TPSA) is 33.5 Å². The van der Waals surface area contributed by atoms with Crippen LogP contribution >= 0.6 is 0 Å². The maximum atomic E-state index is 13.5. The monoisotopic (exact) mass is 265 g/mol. The van der Waals surface area contributed by atoms with Crippen LogP contribution in [0.2, 0.25) is 0 Å². The predicted octanol–water partition coefficient (Wildman–Crippen LogP) is 3.39. The molecule has 0 N–H and O–H groups in total. The lowest BCUT2D eigenvalue weighted by Gasteiger charge is -2.23. The quantitative estimate of drug-likeness (QED) is 0.852. The first-order valence-corrected chi connectivity index (χ1v) is 5.76. The maximum Gasteiger partial charge on any atom is 0.257 e. The van der Waals surface area contributed by atoms with Gasteiger partial charge in [-0.1, -0.05) is 0 Å². The fourth-order valence-electron chi connectivity index (χ4n) is 1.75. The van der Waals surface area contributed by atoms with Crippen LogP contribution in [0.4, 0.5) is 8.78 Å². The standard InChI is InChI=1S/C14H13F2NO2/c1-9(13-4-3-7-19-13)17(2)14(18)11-8-10(15)5-6-12(11)16/h3-9H,1-2H3/t9-/m0/s1. The van der Waals surface area contributed by atoms with Gasteiger partial charge < -0.3 is 9.32 Å². The highest BCUT2D eigenvalue weighted by molar-refractivity contribution is 5.94. The molecular formula is C14H13F2NO2. The number of carbonyl (C=O) groups is 1. The zero-order valence-electron chi connectivity index (χ0n) is 10.6. The summed E-state index contributed by atoms with van der Waals surface area (Å²) in [5.41, 5.74) is -0.291. The van der Waals surface area contributed by atoms with Gasteiger partial charge in [0.1, 0.15) is 17.4 Å². The molecular weight excluding hydrogens is 252 g/mol. The molecule has 19 heavy (non-hydrogen) atoms. The number of amides is 1. The molecule has 1 aromatic carbocycles. The van der Waals surface area contributed by atoms with Gasteiger partial charge in [0.05, 0.1) is 17.9 Å². The number of nitrogens with zero attached hydrogens (tertiary/aromatic N) is 1. The van der Waals surface area contributed by atoms with E-state index >= 15 is 0 Å². The number of furan rings is 1. The molecule has 0 unspecified atom stereocenters. The number of benzene rings is 1. The average Bonchev–Trinajstić information content (AvgIpc) is 2.93. The van der Waals surface area contributed by atoms with Crippen molar-refractivity contribution in [1.29, 1.82) is 0 Å². The van der Waals surface area contributed by atoms with Crippen molar-refractivity contribution in [3.63, 3.8) is 0 Å². The van der Waals surface area contributed by atoms with Crippen molar-refractivity contribution in [2.24, 2.45) is 0 Å². The normalized spacial score (nSPS) is 12.2. The van der Waals surface area contributed by atoms with Gasteiger partial charge in [-0.15, -0.1) is 0 Å². The molecule has 0 spiro atoms. The first-order valence-electron chi connectivity index (χ1n) is 5.76. The lowest BCUT2D eigenvalue weighted by Crippen LogP contribution is -2.30. The molecule has 2 rings (SSSR count). The highest BCUT2D eigenvalue weighted by Crippen LogP contribution is 2.22. The summed E-state index contributed by atoms with van der Waals surface area (Å²) in [6, 6.07) is 5.85. The second kappa shape index (κ2) is 5.22. The highest BCUT2D eigenvalue weighted by atomic mass is 19.1. The minimum atomic E-state index is -0.745. The number of carbonyl (C=O) groups excluding carboxylic acids is 1. The Morgan fingerprint density at radius 1 is 1.32 bits per heavy atom. The van der Waals surface area contributed by atoms with E-state index in [1.54, 1.807) is 19.1 Å². The lowest BCUT2D eigenvalue weighted by molar-refractivity contribution is 0.0721. The Morgan fingerprint density at radius 3 is 2.68 bits per heavy atom. The van der Waals surface area contributed by atoms with Crippen molar-refractivity contribution in [3.05, 3.63) is 59.6 Å². The van der Waals surface area contributed by atoms with Gasteiger partial charge in [0.15, 0.2) is 0 Å². The van der Waals surface area contributed by atoms with Crippen LogP contribution in [0, 0.1) is 11.6 Å². The minimum Gasteiger partial charge on any atom is -0.467 e. The summed E-state index contributed by atoms with van der Waals surface area (Å²) >= 11 is 0. The SMILES string of the molecule is C[C@@H](c1ccco1)N(C)C(=O)c1cc(F)ccc1F. The Labute approximate surface area is 109 Å². The average molecular weight is 265 g/mol. The highest BCUT2D eigenvalue weighted by Gasteiger charge is 2.23. The van der Waals surface area contributed by atoms with Gasteiger partial charge in [0.2, 0.25) is 0 Å². The predicted molar refractivity (Wildman–Crippen MR) is 65.6 cm³/mol. The van der Waals surface area contributed by atoms with Crippen molar-refractivity contribution in [1.82, 2.24) is 4.90 Å². The van der Waals surface area contributed by atoms with Gasteiger partial charge in [-0.2, -0.15) is 0 Å². The summed E-state index contributed by atoms with van der Waals surface area (Å²) in [4.78, 5) is 13.4. The molecule has 0 fully saturated rings. The second-order valence-electron chi connectivity index (χ2n) is 4.23. The summed E-state index contributed by atoms with van der Waals surface area (Å²) in [6.07, 6.45) is 1.49. The third-order valence-corrected chi connectivity index (χ3v) is 3.02. The Morgan fingerprint density at radius 2 is 2.05 bits per heavy atom. The molecule has 0 aliphatic carbocycles. The third-order valence-electron chi connectivity index (χ3n) is 3.02. The van der Waals surface area contributed by atoms with Gasteiger partial charge in [-0.05, 0) is 37.3 Å². The molecule has 1 heterocycles. The zero-order valence-corrected chi connectivity index (χ0v) is 10.6. The van der Waals surface area contributed by atoms with E-state index in [0.717, 1.165) is 18.2 Å². The Hall–Kier alpha value is -2.17. The Balaban J connectivity index is 2.26. The second-order valence-corrected chi connectivity index (χ2v) is 4.23. The van der Waals surface area contributed by atoms with Gasteiger partial charge in [-0.3, -0.25) is 4.79 Å². The van der Waals surface area contributed by atoms with Gasteiger partial charge in [-0.25, -0.2) is 8.78 Å². The van der Waals surface area contributed by atoms with Crippen LogP contribution in [0.25, 0.3) is 0 Å². The van der Waals surface area contributed by atoms with E-state index in [2.05, 4.69) is 0 Å². The summed E-state index contributed by atoms with van der Waals surface area (Å²) in [6.45, 7) is 1.74. The summed E-state index contributed by atoms with van der Waals surface area (Å²) in [5.74, 6) is -1.41. The van der Waals surface area contributed by atoms with E-state index in [-0.39, 0.29) is 11.6 Å². The van der Waals surface area contributed by atoms with E-state index in [0.29, 0.717) is 5.76 Å². The number of hydrogen-bond donors (Lipinski definition) is 0. The van der Waals surface area contributed by atoms with E-state index in [1.165, 1.54) is 18.2 Å². The van der Waals surface area contributed by atoms with Gasteiger partial charge >= 0.3 is 0 Å². The summed E-state index contributed by atoms with van der Waals surface area (Å²) in [5, 5.41) is 0. The van der Waals surface area contributed by atoms with Crippen LogP contribution in [0.5, 0.6) is 0 Å². The van der Waals surface area contributed by atoms with E-state index < -0.39 is 17.5 Å². The molecule has 100 valence electrons. The molecule has 0 saturated heterocycles. The molecule has 0 radical (unpaired) electrons. The first kappa shape index (κ1) is 13.3. The fraction of sp³-hybridized carbons (Fsp3) is 0.214. The van der Waals surface area contributed by atoms with E-state index in [4.69, 9.17) is 4.42 Å². The lowest BCUT2D eigenvalue weighted by atomic mass is 10.1. The number of hydrogen-bond acceptors (Lipinski definition) is 2. The van der Waals surface area contributed by atoms with Crippen LogP contribution in [-0.2, 0) is 0 Å². The number of rotatable bonds is 3. The molecule has 1 atom stereocenters. The Kier molecular flexibility index (Phi) is 3.64. The van der Waals surface area contributed by atoms with Crippen molar-refractivity contribution in [2.45, 2.75) is 13.0 Å². The van der Waals surface area contributed by atoms with E-state index in [9.17, 15) is 13.6 Å². The molecule has 0 aliphatic heterocycles. The summed E-state index contributed by atoms with van der Waals surface area (Å²) < 4.78 is 31.8. The fourth-order valence-corrected chi connectivity index (χ4v) is 1.75. The molecule has 3 nitrogen and oxygen atoms in total. The van der Waals surface area contributed by atoms with Crippen LogP contribution in [0.3, 0.4) is 0 Å². The smallest absolute Gasteiger partial charge is 0.257 e. The maximum absolute atomic E-state index is 13.5. The number of halogens is 2. The van der Waals surface area contributed by atoms with Gasteiger partial charge in [0, 0.05) is 7.05 Å². The van der Waals surface area contributed by atoms with Crippen LogP contribution in [-0.4, -0.2) is 17.9 Å². The molecule has 2 aromatic rings.